The molecule has 2 aliphatic rings. The Kier molecular flexibility index (Phi) is 4.00. The Hall–Kier alpha value is -3.06. The van der Waals surface area contributed by atoms with Gasteiger partial charge < -0.3 is 0 Å². The van der Waals surface area contributed by atoms with Crippen molar-refractivity contribution in [2.75, 3.05) is 0 Å². The molecule has 0 spiro atoms. The first-order valence-corrected chi connectivity index (χ1v) is 8.66. The molecule has 7 heteroatoms. The van der Waals surface area contributed by atoms with E-state index >= 15 is 0 Å². The number of hydrazone groups is 1. The summed E-state index contributed by atoms with van der Waals surface area (Å²) in [5.41, 5.74) is 2.74. The summed E-state index contributed by atoms with van der Waals surface area (Å²) >= 11 is 1.27. The number of aliphatic imine (C=N–C) groups is 1. The molecule has 0 radical (unpaired) electrons. The molecule has 0 bridgehead atoms. The van der Waals surface area contributed by atoms with Gasteiger partial charge in [0, 0.05) is 5.56 Å². The summed E-state index contributed by atoms with van der Waals surface area (Å²) in [5, 5.41) is 15.3. The van der Waals surface area contributed by atoms with Crippen LogP contribution in [0, 0.1) is 18.2 Å². The number of rotatable bonds is 2. The second kappa shape index (κ2) is 6.34. The van der Waals surface area contributed by atoms with Crippen LogP contribution in [0.2, 0.25) is 0 Å². The van der Waals surface area contributed by atoms with Crippen molar-refractivity contribution in [2.24, 2.45) is 10.1 Å². The molecule has 0 aliphatic carbocycles. The van der Waals surface area contributed by atoms with E-state index in [4.69, 9.17) is 5.41 Å². The van der Waals surface area contributed by atoms with Crippen LogP contribution in [0.4, 0.5) is 4.39 Å². The van der Waals surface area contributed by atoms with Crippen molar-refractivity contribution >= 4 is 39.8 Å². The summed E-state index contributed by atoms with van der Waals surface area (Å²) in [7, 11) is 0. The van der Waals surface area contributed by atoms with Gasteiger partial charge in [-0.2, -0.15) is 15.1 Å². The zero-order chi connectivity index (χ0) is 18.3. The first kappa shape index (κ1) is 16.4. The van der Waals surface area contributed by atoms with E-state index < -0.39 is 5.91 Å². The molecule has 26 heavy (non-hydrogen) atoms. The minimum absolute atomic E-state index is 0.0413. The number of nitrogens with zero attached hydrogens (tertiary/aromatic N) is 3. The number of hydrogen-bond donors (Lipinski definition) is 1. The van der Waals surface area contributed by atoms with E-state index in [0.29, 0.717) is 15.8 Å². The van der Waals surface area contributed by atoms with E-state index in [2.05, 4.69) is 10.1 Å². The van der Waals surface area contributed by atoms with Gasteiger partial charge in [-0.25, -0.2) is 4.39 Å². The zero-order valence-electron chi connectivity index (χ0n) is 13.7. The molecule has 2 heterocycles. The molecule has 0 fully saturated rings. The monoisotopic (exact) mass is 364 g/mol. The molecule has 0 aromatic heterocycles. The average Bonchev–Trinajstić information content (AvgIpc) is 3.04. The number of aryl methyl sites for hydroxylation is 1. The summed E-state index contributed by atoms with van der Waals surface area (Å²) in [5.74, 6) is -0.902. The van der Waals surface area contributed by atoms with Crippen molar-refractivity contribution in [1.29, 1.82) is 5.41 Å². The zero-order valence-corrected chi connectivity index (χ0v) is 14.5. The predicted octanol–water partition coefficient (Wildman–Crippen LogP) is 3.80. The minimum atomic E-state index is -0.501. The Morgan fingerprint density at radius 1 is 1.15 bits per heavy atom. The van der Waals surface area contributed by atoms with Crippen LogP contribution >= 0.6 is 11.8 Å². The smallest absolute Gasteiger partial charge is 0.282 e. The third kappa shape index (κ3) is 2.86. The highest BCUT2D eigenvalue weighted by Crippen LogP contribution is 2.31. The molecule has 0 saturated heterocycles. The Morgan fingerprint density at radius 3 is 2.62 bits per heavy atom. The van der Waals surface area contributed by atoms with Gasteiger partial charge in [-0.05, 0) is 48.0 Å². The maximum absolute atomic E-state index is 13.1. The average molecular weight is 364 g/mol. The number of fused-ring (bicyclic) bond motifs is 1. The van der Waals surface area contributed by atoms with E-state index in [1.165, 1.54) is 35.0 Å². The van der Waals surface area contributed by atoms with Gasteiger partial charge >= 0.3 is 0 Å². The molecule has 0 unspecified atom stereocenters. The summed E-state index contributed by atoms with van der Waals surface area (Å²) in [6.45, 7) is 1.98. The van der Waals surface area contributed by atoms with Crippen LogP contribution in [0.5, 0.6) is 0 Å². The molecular formula is C19H13FN4OS. The number of thioether (sulfide) groups is 1. The number of carbonyl (C=O) groups excluding carboxylic acids is 1. The molecule has 2 aromatic rings. The van der Waals surface area contributed by atoms with Gasteiger partial charge in [0.05, 0.1) is 5.57 Å². The fourth-order valence-corrected chi connectivity index (χ4v) is 3.62. The summed E-state index contributed by atoms with van der Waals surface area (Å²) in [4.78, 5) is 16.4. The van der Waals surface area contributed by atoms with Gasteiger partial charge in [-0.1, -0.05) is 36.4 Å². The normalized spacial score (nSPS) is 18.1. The number of halogens is 1. The highest BCUT2D eigenvalue weighted by molar-refractivity contribution is 8.27. The van der Waals surface area contributed by atoms with Gasteiger partial charge in [-0.3, -0.25) is 10.2 Å². The number of carbonyl (C=O) groups is 1. The predicted molar refractivity (Wildman–Crippen MR) is 102 cm³/mol. The minimum Gasteiger partial charge on any atom is -0.282 e. The van der Waals surface area contributed by atoms with E-state index in [-0.39, 0.29) is 17.2 Å². The maximum Gasteiger partial charge on any atom is 0.283 e. The molecule has 2 aliphatic heterocycles. The van der Waals surface area contributed by atoms with Crippen LogP contribution in [0.15, 0.2) is 64.2 Å². The van der Waals surface area contributed by atoms with Crippen LogP contribution in [0.1, 0.15) is 16.7 Å². The highest BCUT2D eigenvalue weighted by atomic mass is 32.2. The summed E-state index contributed by atoms with van der Waals surface area (Å²) < 4.78 is 13.1. The van der Waals surface area contributed by atoms with Crippen molar-refractivity contribution in [3.05, 3.63) is 76.6 Å². The van der Waals surface area contributed by atoms with Crippen LogP contribution in [-0.2, 0) is 4.79 Å². The number of hydrogen-bond acceptors (Lipinski definition) is 4. The second-order valence-corrected chi connectivity index (χ2v) is 6.75. The Labute approximate surface area is 153 Å². The third-order valence-electron chi connectivity index (χ3n) is 4.01. The topological polar surface area (TPSA) is 68.9 Å². The Morgan fingerprint density at radius 2 is 1.88 bits per heavy atom. The summed E-state index contributed by atoms with van der Waals surface area (Å²) in [6.07, 6.45) is 1.52. The van der Waals surface area contributed by atoms with Crippen LogP contribution in [-0.4, -0.2) is 27.0 Å². The van der Waals surface area contributed by atoms with E-state index in [9.17, 15) is 9.18 Å². The lowest BCUT2D eigenvalue weighted by atomic mass is 10.1. The number of nitrogens with one attached hydrogen (secondary N) is 1. The molecular weight excluding hydrogens is 351 g/mol. The lowest BCUT2D eigenvalue weighted by molar-refractivity contribution is -0.114. The SMILES string of the molecule is Cc1ccccc1C1=NN2C(=N)/C(=C/c3ccc(F)cc3)C(=O)N=C2S1. The Balaban J connectivity index is 1.70. The Bertz CT molecular complexity index is 1020. The molecule has 1 N–H and O–H groups in total. The first-order valence-electron chi connectivity index (χ1n) is 7.85. The number of amides is 1. The number of amidine groups is 2. The van der Waals surface area contributed by atoms with Crippen LogP contribution in [0.25, 0.3) is 6.08 Å². The second-order valence-electron chi connectivity index (χ2n) is 5.79. The standard InChI is InChI=1S/C19H13FN4OS/c1-11-4-2-3-5-14(11)18-23-24-16(21)15(17(25)22-19(24)26-18)10-12-6-8-13(20)9-7-12/h2-10,21H,1H3/b15-10-,21-16?. The van der Waals surface area contributed by atoms with Crippen LogP contribution < -0.4 is 0 Å². The third-order valence-corrected chi connectivity index (χ3v) is 4.95. The van der Waals surface area contributed by atoms with E-state index in [0.717, 1.165) is 11.1 Å². The lowest BCUT2D eigenvalue weighted by Gasteiger charge is -2.20. The number of benzene rings is 2. The van der Waals surface area contributed by atoms with Gasteiger partial charge in [0.2, 0.25) is 5.17 Å². The molecule has 2 aromatic carbocycles. The molecule has 0 saturated carbocycles. The van der Waals surface area contributed by atoms with Crippen molar-refractivity contribution in [3.8, 4) is 0 Å². The van der Waals surface area contributed by atoms with Crippen LogP contribution in [0.3, 0.4) is 0 Å². The van der Waals surface area contributed by atoms with Gasteiger partial charge in [0.25, 0.3) is 5.91 Å². The van der Waals surface area contributed by atoms with Gasteiger partial charge in [0.15, 0.2) is 5.84 Å². The van der Waals surface area contributed by atoms with Crippen molar-refractivity contribution in [1.82, 2.24) is 5.01 Å². The van der Waals surface area contributed by atoms with Gasteiger partial charge in [-0.15, -0.1) is 0 Å². The van der Waals surface area contributed by atoms with Crippen molar-refractivity contribution < 1.29 is 9.18 Å². The molecule has 5 nitrogen and oxygen atoms in total. The molecule has 1 amide bonds. The maximum atomic E-state index is 13.1. The quantitative estimate of drug-likeness (QED) is 0.824. The highest BCUT2D eigenvalue weighted by Gasteiger charge is 2.36. The van der Waals surface area contributed by atoms with Crippen molar-refractivity contribution in [3.63, 3.8) is 0 Å². The first-order chi connectivity index (χ1) is 12.5. The fourth-order valence-electron chi connectivity index (χ4n) is 2.64. The lowest BCUT2D eigenvalue weighted by Crippen LogP contribution is -2.35. The molecule has 4 rings (SSSR count). The van der Waals surface area contributed by atoms with E-state index in [1.54, 1.807) is 12.1 Å². The largest absolute Gasteiger partial charge is 0.283 e. The van der Waals surface area contributed by atoms with E-state index in [1.807, 2.05) is 31.2 Å². The fraction of sp³-hybridized carbons (Fsp3) is 0.0526. The van der Waals surface area contributed by atoms with Crippen molar-refractivity contribution in [2.45, 2.75) is 6.92 Å². The molecule has 128 valence electrons. The summed E-state index contributed by atoms with van der Waals surface area (Å²) in [6, 6.07) is 13.5. The molecule has 0 atom stereocenters. The van der Waals surface area contributed by atoms with Gasteiger partial charge in [0.1, 0.15) is 10.9 Å².